The van der Waals surface area contributed by atoms with Crippen LogP contribution in [0.4, 0.5) is 16.0 Å². The molecule has 0 saturated heterocycles. The molecule has 1 aromatic heterocycles. The van der Waals surface area contributed by atoms with Crippen molar-refractivity contribution in [3.8, 4) is 11.1 Å². The van der Waals surface area contributed by atoms with Crippen molar-refractivity contribution in [3.63, 3.8) is 0 Å². The molecule has 0 saturated carbocycles. The molecular formula is C14H11FN4. The second kappa shape index (κ2) is 4.89. The van der Waals surface area contributed by atoms with Gasteiger partial charge in [0.1, 0.15) is 12.1 Å². The Labute approximate surface area is 109 Å². The fraction of sp³-hybridized carbons (Fsp3) is 0. The van der Waals surface area contributed by atoms with Crippen molar-refractivity contribution in [3.05, 3.63) is 60.7 Å². The minimum Gasteiger partial charge on any atom is -0.324 e. The summed E-state index contributed by atoms with van der Waals surface area (Å²) < 4.78 is 13.0. The Bertz CT molecular complexity index is 662. The number of hydrogen-bond acceptors (Lipinski definition) is 3. The Balaban J connectivity index is 1.99. The van der Waals surface area contributed by atoms with Crippen molar-refractivity contribution in [1.29, 1.82) is 0 Å². The van der Waals surface area contributed by atoms with Crippen molar-refractivity contribution >= 4 is 11.6 Å². The van der Waals surface area contributed by atoms with E-state index in [9.17, 15) is 4.39 Å². The highest BCUT2D eigenvalue weighted by atomic mass is 19.1. The Morgan fingerprint density at radius 2 is 1.79 bits per heavy atom. The maximum atomic E-state index is 13.0. The molecule has 0 aliphatic heterocycles. The molecule has 2 aromatic carbocycles. The van der Waals surface area contributed by atoms with Crippen LogP contribution in [0, 0.1) is 5.82 Å². The summed E-state index contributed by atoms with van der Waals surface area (Å²) in [5.74, 6) is 0.319. The number of rotatable bonds is 3. The molecular weight excluding hydrogens is 243 g/mol. The number of aromatic amines is 1. The molecule has 4 nitrogen and oxygen atoms in total. The molecule has 1 heterocycles. The molecule has 0 amide bonds. The number of H-pyrrole nitrogens is 1. The lowest BCUT2D eigenvalue weighted by molar-refractivity contribution is 0.628. The molecule has 2 N–H and O–H groups in total. The maximum absolute atomic E-state index is 13.0. The summed E-state index contributed by atoms with van der Waals surface area (Å²) in [5.41, 5.74) is 2.79. The van der Waals surface area contributed by atoms with Crippen LogP contribution in [-0.2, 0) is 0 Å². The van der Waals surface area contributed by atoms with E-state index in [1.54, 1.807) is 12.1 Å². The molecule has 0 radical (unpaired) electrons. The zero-order chi connectivity index (χ0) is 13.1. The van der Waals surface area contributed by atoms with Gasteiger partial charge in [-0.2, -0.15) is 10.1 Å². The van der Waals surface area contributed by atoms with Crippen molar-refractivity contribution in [2.45, 2.75) is 0 Å². The van der Waals surface area contributed by atoms with Crippen LogP contribution in [0.15, 0.2) is 54.9 Å². The fourth-order valence-corrected chi connectivity index (χ4v) is 1.87. The lowest BCUT2D eigenvalue weighted by Crippen LogP contribution is -1.95. The normalized spacial score (nSPS) is 10.4. The Kier molecular flexibility index (Phi) is 2.94. The minimum atomic E-state index is -0.246. The Morgan fingerprint density at radius 3 is 2.53 bits per heavy atom. The molecule has 0 aliphatic rings. The molecule has 0 atom stereocenters. The number of para-hydroxylation sites is 1. The molecule has 0 unspecified atom stereocenters. The van der Waals surface area contributed by atoms with Gasteiger partial charge in [-0.15, -0.1) is 0 Å². The van der Waals surface area contributed by atoms with E-state index >= 15 is 0 Å². The summed E-state index contributed by atoms with van der Waals surface area (Å²) in [6.45, 7) is 0. The molecule has 3 aromatic rings. The van der Waals surface area contributed by atoms with Gasteiger partial charge in [0, 0.05) is 11.3 Å². The van der Waals surface area contributed by atoms with E-state index in [1.165, 1.54) is 18.5 Å². The van der Waals surface area contributed by atoms with Gasteiger partial charge in [0.25, 0.3) is 0 Å². The lowest BCUT2D eigenvalue weighted by Gasteiger charge is -2.10. The Morgan fingerprint density at radius 1 is 1.00 bits per heavy atom. The molecule has 0 aliphatic carbocycles. The molecule has 0 spiro atoms. The summed E-state index contributed by atoms with van der Waals surface area (Å²) in [7, 11) is 0. The molecule has 94 valence electrons. The number of hydrogen-bond donors (Lipinski definition) is 2. The quantitative estimate of drug-likeness (QED) is 0.753. The second-order valence-corrected chi connectivity index (χ2v) is 4.01. The summed E-state index contributed by atoms with van der Waals surface area (Å²) in [6.07, 6.45) is 1.43. The van der Waals surface area contributed by atoms with Crippen LogP contribution in [-0.4, -0.2) is 15.2 Å². The average Bonchev–Trinajstić information content (AvgIpc) is 2.93. The highest BCUT2D eigenvalue weighted by molar-refractivity contribution is 5.79. The first-order valence-electron chi connectivity index (χ1n) is 5.80. The summed E-state index contributed by atoms with van der Waals surface area (Å²) >= 11 is 0. The van der Waals surface area contributed by atoms with E-state index in [4.69, 9.17) is 0 Å². The van der Waals surface area contributed by atoms with Gasteiger partial charge in [-0.3, -0.25) is 0 Å². The predicted molar refractivity (Wildman–Crippen MR) is 71.5 cm³/mol. The standard InChI is InChI=1S/C14H11FN4/c15-11-7-5-10(6-8-11)12-3-1-2-4-13(12)18-14-16-9-17-19-14/h1-9H,(H2,16,17,18,19). The van der Waals surface area contributed by atoms with Gasteiger partial charge < -0.3 is 5.32 Å². The SMILES string of the molecule is Fc1ccc(-c2ccccc2Nc2ncn[nH]2)cc1. The number of nitrogens with one attached hydrogen (secondary N) is 2. The third-order valence-electron chi connectivity index (χ3n) is 2.75. The van der Waals surface area contributed by atoms with Gasteiger partial charge >= 0.3 is 0 Å². The van der Waals surface area contributed by atoms with Gasteiger partial charge in [0.2, 0.25) is 5.95 Å². The zero-order valence-electron chi connectivity index (χ0n) is 9.97. The van der Waals surface area contributed by atoms with Gasteiger partial charge in [-0.1, -0.05) is 30.3 Å². The van der Waals surface area contributed by atoms with Crippen molar-refractivity contribution in [2.24, 2.45) is 0 Å². The number of halogens is 1. The third-order valence-corrected chi connectivity index (χ3v) is 2.75. The highest BCUT2D eigenvalue weighted by Crippen LogP contribution is 2.29. The van der Waals surface area contributed by atoms with Crippen LogP contribution in [0.1, 0.15) is 0 Å². The van der Waals surface area contributed by atoms with Crippen LogP contribution >= 0.6 is 0 Å². The van der Waals surface area contributed by atoms with Crippen LogP contribution < -0.4 is 5.32 Å². The van der Waals surface area contributed by atoms with Gasteiger partial charge in [-0.05, 0) is 23.8 Å². The van der Waals surface area contributed by atoms with Gasteiger partial charge in [0.05, 0.1) is 0 Å². The summed E-state index contributed by atoms with van der Waals surface area (Å²) in [4.78, 5) is 4.02. The van der Waals surface area contributed by atoms with Crippen LogP contribution in [0.3, 0.4) is 0 Å². The number of nitrogens with zero attached hydrogens (tertiary/aromatic N) is 2. The molecule has 0 bridgehead atoms. The molecule has 0 fully saturated rings. The number of benzene rings is 2. The van der Waals surface area contributed by atoms with E-state index in [0.29, 0.717) is 5.95 Å². The van der Waals surface area contributed by atoms with Crippen molar-refractivity contribution in [1.82, 2.24) is 15.2 Å². The van der Waals surface area contributed by atoms with Crippen molar-refractivity contribution in [2.75, 3.05) is 5.32 Å². The Hall–Kier alpha value is -2.69. The van der Waals surface area contributed by atoms with E-state index in [0.717, 1.165) is 16.8 Å². The second-order valence-electron chi connectivity index (χ2n) is 4.01. The third kappa shape index (κ3) is 2.44. The number of anilines is 2. The van der Waals surface area contributed by atoms with E-state index in [1.807, 2.05) is 24.3 Å². The molecule has 5 heteroatoms. The van der Waals surface area contributed by atoms with Crippen LogP contribution in [0.25, 0.3) is 11.1 Å². The largest absolute Gasteiger partial charge is 0.324 e. The van der Waals surface area contributed by atoms with E-state index in [2.05, 4.69) is 20.5 Å². The van der Waals surface area contributed by atoms with Gasteiger partial charge in [0.15, 0.2) is 0 Å². The smallest absolute Gasteiger partial charge is 0.222 e. The van der Waals surface area contributed by atoms with Crippen LogP contribution in [0.2, 0.25) is 0 Å². The topological polar surface area (TPSA) is 53.6 Å². The van der Waals surface area contributed by atoms with Crippen LogP contribution in [0.5, 0.6) is 0 Å². The van der Waals surface area contributed by atoms with Gasteiger partial charge in [-0.25, -0.2) is 9.49 Å². The van der Waals surface area contributed by atoms with E-state index in [-0.39, 0.29) is 5.82 Å². The monoisotopic (exact) mass is 254 g/mol. The van der Waals surface area contributed by atoms with Crippen molar-refractivity contribution < 1.29 is 4.39 Å². The maximum Gasteiger partial charge on any atom is 0.222 e. The first-order valence-corrected chi connectivity index (χ1v) is 5.80. The summed E-state index contributed by atoms with van der Waals surface area (Å²) in [5, 5.41) is 9.67. The first-order chi connectivity index (χ1) is 9.33. The number of aromatic nitrogens is 3. The summed E-state index contributed by atoms with van der Waals surface area (Å²) in [6, 6.07) is 14.1. The first kappa shape index (κ1) is 11.4. The lowest BCUT2D eigenvalue weighted by atomic mass is 10.0. The fourth-order valence-electron chi connectivity index (χ4n) is 1.87. The predicted octanol–water partition coefficient (Wildman–Crippen LogP) is 3.35. The molecule has 3 rings (SSSR count). The minimum absolute atomic E-state index is 0.246. The zero-order valence-corrected chi connectivity index (χ0v) is 9.97. The van der Waals surface area contributed by atoms with E-state index < -0.39 is 0 Å². The average molecular weight is 254 g/mol. The highest BCUT2D eigenvalue weighted by Gasteiger charge is 2.06. The molecule has 19 heavy (non-hydrogen) atoms.